The number of fused-ring (bicyclic) bond motifs is 2. The lowest BCUT2D eigenvalue weighted by molar-refractivity contribution is 0.122. The molecule has 0 aromatic carbocycles. The van der Waals surface area contributed by atoms with Crippen LogP contribution in [0.15, 0.2) is 24.7 Å². The molecule has 0 bridgehead atoms. The van der Waals surface area contributed by atoms with E-state index in [0.717, 1.165) is 53.7 Å². The third kappa shape index (κ3) is 4.50. The van der Waals surface area contributed by atoms with Gasteiger partial charge in [-0.05, 0) is 68.6 Å². The van der Waals surface area contributed by atoms with Gasteiger partial charge >= 0.3 is 0 Å². The molecular formula is C27H33F2N5O. The van der Waals surface area contributed by atoms with Crippen molar-refractivity contribution in [3.8, 4) is 17.0 Å². The number of rotatable bonds is 7. The van der Waals surface area contributed by atoms with Crippen LogP contribution >= 0.6 is 0 Å². The van der Waals surface area contributed by atoms with Crippen LogP contribution in [0.2, 0.25) is 0 Å². The van der Waals surface area contributed by atoms with E-state index >= 15 is 0 Å². The van der Waals surface area contributed by atoms with Crippen LogP contribution in [0.4, 0.5) is 8.78 Å². The van der Waals surface area contributed by atoms with E-state index in [1.54, 1.807) is 11.6 Å². The topological polar surface area (TPSA) is 68.1 Å². The summed E-state index contributed by atoms with van der Waals surface area (Å²) >= 11 is 0. The highest BCUT2D eigenvalue weighted by Gasteiger charge is 2.27. The fraction of sp³-hybridized carbons (Fsp3) is 0.519. The van der Waals surface area contributed by atoms with E-state index in [1.807, 2.05) is 12.3 Å². The third-order valence-electron chi connectivity index (χ3n) is 7.49. The van der Waals surface area contributed by atoms with Crippen molar-refractivity contribution in [1.82, 2.24) is 24.6 Å². The molecule has 0 amide bonds. The lowest BCUT2D eigenvalue weighted by Crippen LogP contribution is -2.16. The second kappa shape index (κ2) is 9.55. The van der Waals surface area contributed by atoms with Crippen molar-refractivity contribution in [3.63, 3.8) is 0 Å². The van der Waals surface area contributed by atoms with Crippen LogP contribution < -0.4 is 4.74 Å². The van der Waals surface area contributed by atoms with Gasteiger partial charge in [0, 0.05) is 35.4 Å². The number of nitrogens with zero attached hydrogens (tertiary/aromatic N) is 4. The Morgan fingerprint density at radius 2 is 1.94 bits per heavy atom. The molecule has 4 aromatic heterocycles. The van der Waals surface area contributed by atoms with Gasteiger partial charge in [0.05, 0.1) is 23.8 Å². The summed E-state index contributed by atoms with van der Waals surface area (Å²) < 4.78 is 32.6. The molecule has 6 nitrogen and oxygen atoms in total. The zero-order chi connectivity index (χ0) is 24.7. The summed E-state index contributed by atoms with van der Waals surface area (Å²) in [5, 5.41) is 4.31. The molecule has 0 atom stereocenters. The number of H-pyrrole nitrogens is 1. The molecule has 0 spiro atoms. The molecule has 1 N–H and O–H groups in total. The van der Waals surface area contributed by atoms with Gasteiger partial charge in [0.2, 0.25) is 6.43 Å². The maximum absolute atomic E-state index is 12.6. The summed E-state index contributed by atoms with van der Waals surface area (Å²) in [6.45, 7) is 6.50. The Bertz CT molecular complexity index is 1330. The average Bonchev–Trinajstić information content (AvgIpc) is 3.46. The molecule has 1 fully saturated rings. The van der Waals surface area contributed by atoms with Crippen LogP contribution in [-0.2, 0) is 0 Å². The van der Waals surface area contributed by atoms with Crippen molar-refractivity contribution in [2.75, 3.05) is 7.11 Å². The summed E-state index contributed by atoms with van der Waals surface area (Å²) in [6, 6.07) is 4.20. The van der Waals surface area contributed by atoms with E-state index in [1.165, 1.54) is 17.5 Å². The highest BCUT2D eigenvalue weighted by Crippen LogP contribution is 2.41. The molecule has 0 radical (unpaired) electrons. The molecule has 35 heavy (non-hydrogen) atoms. The number of nitrogens with one attached hydrogen (secondary N) is 1. The number of aromatic nitrogens is 5. The normalized spacial score (nSPS) is 18.9. The molecule has 0 aliphatic heterocycles. The quantitative estimate of drug-likeness (QED) is 0.308. The lowest BCUT2D eigenvalue weighted by Gasteiger charge is -2.29. The molecule has 186 valence electrons. The highest BCUT2D eigenvalue weighted by molar-refractivity contribution is 5.89. The monoisotopic (exact) mass is 481 g/mol. The number of alkyl halides is 2. The molecule has 1 saturated carbocycles. The number of halogens is 2. The van der Waals surface area contributed by atoms with Gasteiger partial charge < -0.3 is 9.72 Å². The Kier molecular flexibility index (Phi) is 6.47. The van der Waals surface area contributed by atoms with Crippen molar-refractivity contribution in [1.29, 1.82) is 0 Å². The van der Waals surface area contributed by atoms with E-state index < -0.39 is 6.43 Å². The first-order valence-corrected chi connectivity index (χ1v) is 12.5. The number of aromatic amines is 1. The van der Waals surface area contributed by atoms with Crippen molar-refractivity contribution >= 4 is 16.7 Å². The first-order valence-electron chi connectivity index (χ1n) is 12.5. The second-order valence-corrected chi connectivity index (χ2v) is 10.2. The maximum atomic E-state index is 12.6. The molecule has 4 aromatic rings. The fourth-order valence-corrected chi connectivity index (χ4v) is 5.72. The predicted molar refractivity (Wildman–Crippen MR) is 133 cm³/mol. The average molecular weight is 482 g/mol. The van der Waals surface area contributed by atoms with Gasteiger partial charge in [-0.15, -0.1) is 0 Å². The van der Waals surface area contributed by atoms with E-state index in [0.29, 0.717) is 29.7 Å². The van der Waals surface area contributed by atoms with Crippen LogP contribution in [0.1, 0.15) is 81.0 Å². The van der Waals surface area contributed by atoms with E-state index in [2.05, 4.69) is 41.9 Å². The number of methoxy groups -OCH3 is 1. The lowest BCUT2D eigenvalue weighted by atomic mass is 9.78. The van der Waals surface area contributed by atoms with Crippen molar-refractivity contribution in [2.24, 2.45) is 5.92 Å². The number of hydrogen-bond acceptors (Lipinski definition) is 4. The van der Waals surface area contributed by atoms with Gasteiger partial charge in [0.1, 0.15) is 6.33 Å². The molecular weight excluding hydrogens is 448 g/mol. The summed E-state index contributed by atoms with van der Waals surface area (Å²) in [6.07, 6.45) is 5.99. The standard InChI is InChI=1S/C27H33F2N5O/c1-15(2)23-25(19-12-21(35-4)27-30-14-31-34(27)13-19)32-20-11-16(3)24(33-26(20)23)18-8-5-17(6-9-18)7-10-22(28)29/h11-15,17-18,22,32H,5-10H2,1-4H3. The second-order valence-electron chi connectivity index (χ2n) is 10.2. The van der Waals surface area contributed by atoms with Gasteiger partial charge in [-0.2, -0.15) is 5.10 Å². The summed E-state index contributed by atoms with van der Waals surface area (Å²) in [5.41, 5.74) is 8.21. The Labute approximate surface area is 204 Å². The Balaban J connectivity index is 1.52. The van der Waals surface area contributed by atoms with Gasteiger partial charge in [0.25, 0.3) is 0 Å². The maximum Gasteiger partial charge on any atom is 0.238 e. The fourth-order valence-electron chi connectivity index (χ4n) is 5.72. The summed E-state index contributed by atoms with van der Waals surface area (Å²) in [7, 11) is 1.64. The van der Waals surface area contributed by atoms with Gasteiger partial charge in [0.15, 0.2) is 11.4 Å². The van der Waals surface area contributed by atoms with Gasteiger partial charge in [-0.25, -0.2) is 18.3 Å². The predicted octanol–water partition coefficient (Wildman–Crippen LogP) is 7.03. The Morgan fingerprint density at radius 3 is 2.63 bits per heavy atom. The molecule has 0 unspecified atom stereocenters. The number of hydrogen-bond donors (Lipinski definition) is 1. The summed E-state index contributed by atoms with van der Waals surface area (Å²) in [5.74, 6) is 1.72. The number of ether oxygens (including phenoxy) is 1. The van der Waals surface area contributed by atoms with Crippen LogP contribution in [0.5, 0.6) is 5.75 Å². The van der Waals surface area contributed by atoms with E-state index in [9.17, 15) is 8.78 Å². The van der Waals surface area contributed by atoms with Crippen molar-refractivity contribution in [2.45, 2.75) is 77.6 Å². The van der Waals surface area contributed by atoms with Crippen LogP contribution in [0.3, 0.4) is 0 Å². The summed E-state index contributed by atoms with van der Waals surface area (Å²) in [4.78, 5) is 13.2. The molecule has 1 aliphatic rings. The first-order chi connectivity index (χ1) is 16.9. The Morgan fingerprint density at radius 1 is 1.17 bits per heavy atom. The minimum absolute atomic E-state index is 0.0214. The zero-order valence-corrected chi connectivity index (χ0v) is 20.8. The molecule has 5 rings (SSSR count). The number of aryl methyl sites for hydroxylation is 1. The number of pyridine rings is 2. The van der Waals surface area contributed by atoms with Crippen LogP contribution in [0.25, 0.3) is 27.9 Å². The molecule has 0 saturated heterocycles. The minimum Gasteiger partial charge on any atom is -0.493 e. The smallest absolute Gasteiger partial charge is 0.238 e. The third-order valence-corrected chi connectivity index (χ3v) is 7.49. The van der Waals surface area contributed by atoms with Crippen molar-refractivity contribution < 1.29 is 13.5 Å². The highest BCUT2D eigenvalue weighted by atomic mass is 19.3. The SMILES string of the molecule is COc1cc(-c2[nH]c3cc(C)c(C4CCC(CCC(F)F)CC4)nc3c2C(C)C)cn2ncnc12. The van der Waals surface area contributed by atoms with Crippen LogP contribution in [0, 0.1) is 12.8 Å². The first kappa shape index (κ1) is 23.7. The van der Waals surface area contributed by atoms with Crippen molar-refractivity contribution in [3.05, 3.63) is 41.5 Å². The largest absolute Gasteiger partial charge is 0.493 e. The van der Waals surface area contributed by atoms with E-state index in [-0.39, 0.29) is 12.3 Å². The Hall–Kier alpha value is -3.03. The zero-order valence-electron chi connectivity index (χ0n) is 20.8. The van der Waals surface area contributed by atoms with E-state index in [4.69, 9.17) is 9.72 Å². The minimum atomic E-state index is -2.19. The van der Waals surface area contributed by atoms with Gasteiger partial charge in [-0.1, -0.05) is 13.8 Å². The molecule has 1 aliphatic carbocycles. The molecule has 8 heteroatoms. The molecule has 4 heterocycles. The van der Waals surface area contributed by atoms with Gasteiger partial charge in [-0.3, -0.25) is 4.98 Å². The van der Waals surface area contributed by atoms with Crippen LogP contribution in [-0.4, -0.2) is 38.1 Å².